The van der Waals surface area contributed by atoms with Crippen molar-refractivity contribution in [1.82, 2.24) is 5.32 Å². The lowest BCUT2D eigenvalue weighted by molar-refractivity contribution is 0.00560. The summed E-state index contributed by atoms with van der Waals surface area (Å²) in [6, 6.07) is 8.64. The first kappa shape index (κ1) is 15.2. The zero-order valence-corrected chi connectivity index (χ0v) is 11.8. The molecular weight excluding hydrogens is 226 g/mol. The first-order chi connectivity index (χ1) is 8.49. The molecule has 1 unspecified atom stereocenters. The highest BCUT2D eigenvalue weighted by molar-refractivity contribution is 5.24. The fourth-order valence-corrected chi connectivity index (χ4v) is 1.73. The highest BCUT2D eigenvalue weighted by Crippen LogP contribution is 2.13. The molecule has 3 heteroatoms. The van der Waals surface area contributed by atoms with E-state index in [1.54, 1.807) is 0 Å². The van der Waals surface area contributed by atoms with Gasteiger partial charge in [0.15, 0.2) is 0 Å². The third-order valence-corrected chi connectivity index (χ3v) is 2.82. The maximum Gasteiger partial charge on any atom is 0.0898 e. The summed E-state index contributed by atoms with van der Waals surface area (Å²) in [4.78, 5) is 0. The van der Waals surface area contributed by atoms with Gasteiger partial charge in [0.25, 0.3) is 0 Å². The fourth-order valence-electron chi connectivity index (χ4n) is 1.73. The van der Waals surface area contributed by atoms with Crippen LogP contribution in [0.2, 0.25) is 0 Å². The quantitative estimate of drug-likeness (QED) is 0.782. The van der Waals surface area contributed by atoms with Gasteiger partial charge in [0, 0.05) is 12.6 Å². The molecular formula is C15H25NO2. The molecule has 0 aliphatic carbocycles. The third kappa shape index (κ3) is 5.63. The lowest BCUT2D eigenvalue weighted by atomic mass is 10.1. The molecule has 0 spiro atoms. The van der Waals surface area contributed by atoms with Crippen LogP contribution in [0, 0.1) is 6.92 Å². The summed E-state index contributed by atoms with van der Waals surface area (Å²) < 4.78 is 5.37. The van der Waals surface area contributed by atoms with Gasteiger partial charge in [-0.25, -0.2) is 0 Å². The van der Waals surface area contributed by atoms with Crippen LogP contribution in [0.1, 0.15) is 37.9 Å². The summed E-state index contributed by atoms with van der Waals surface area (Å²) in [6.07, 6.45) is -0.298. The van der Waals surface area contributed by atoms with E-state index in [9.17, 15) is 5.11 Å². The number of hydrogen-bond donors (Lipinski definition) is 2. The van der Waals surface area contributed by atoms with Crippen LogP contribution in [0.3, 0.4) is 0 Å². The van der Waals surface area contributed by atoms with Crippen LogP contribution in [0.4, 0.5) is 0 Å². The standard InChI is InChI=1S/C15H25NO2/c1-11(2)18-10-15(17)9-16-13(4)14-7-5-6-12(3)8-14/h5-8,11,13,15-17H,9-10H2,1-4H3/t13-,15?/m0/s1. The van der Waals surface area contributed by atoms with E-state index in [2.05, 4.69) is 43.4 Å². The largest absolute Gasteiger partial charge is 0.389 e. The smallest absolute Gasteiger partial charge is 0.0898 e. The lowest BCUT2D eigenvalue weighted by Crippen LogP contribution is -2.32. The molecule has 0 aliphatic rings. The molecule has 1 rings (SSSR count). The van der Waals surface area contributed by atoms with Crippen molar-refractivity contribution in [2.24, 2.45) is 0 Å². The topological polar surface area (TPSA) is 41.5 Å². The van der Waals surface area contributed by atoms with Crippen molar-refractivity contribution in [2.75, 3.05) is 13.2 Å². The Hall–Kier alpha value is -0.900. The van der Waals surface area contributed by atoms with Gasteiger partial charge in [0.05, 0.1) is 18.8 Å². The fraction of sp³-hybridized carbons (Fsp3) is 0.600. The van der Waals surface area contributed by atoms with E-state index in [-0.39, 0.29) is 12.1 Å². The average Bonchev–Trinajstić information content (AvgIpc) is 2.33. The van der Waals surface area contributed by atoms with Crippen molar-refractivity contribution in [2.45, 2.75) is 45.9 Å². The molecule has 0 heterocycles. The molecule has 0 radical (unpaired) electrons. The van der Waals surface area contributed by atoms with E-state index in [1.807, 2.05) is 13.8 Å². The number of hydrogen-bond acceptors (Lipinski definition) is 3. The lowest BCUT2D eigenvalue weighted by Gasteiger charge is -2.18. The van der Waals surface area contributed by atoms with E-state index in [1.165, 1.54) is 11.1 Å². The Labute approximate surface area is 110 Å². The van der Waals surface area contributed by atoms with Crippen LogP contribution in [-0.2, 0) is 4.74 Å². The number of benzene rings is 1. The summed E-state index contributed by atoms with van der Waals surface area (Å²) in [5, 5.41) is 13.1. The van der Waals surface area contributed by atoms with E-state index >= 15 is 0 Å². The highest BCUT2D eigenvalue weighted by atomic mass is 16.5. The van der Waals surface area contributed by atoms with Gasteiger partial charge >= 0.3 is 0 Å². The number of rotatable bonds is 7. The summed E-state index contributed by atoms with van der Waals surface area (Å²) >= 11 is 0. The predicted molar refractivity (Wildman–Crippen MR) is 74.7 cm³/mol. The van der Waals surface area contributed by atoms with Gasteiger partial charge in [0.1, 0.15) is 0 Å². The molecule has 0 bridgehead atoms. The maximum atomic E-state index is 9.76. The van der Waals surface area contributed by atoms with E-state index < -0.39 is 6.10 Å². The third-order valence-electron chi connectivity index (χ3n) is 2.82. The molecule has 0 saturated carbocycles. The monoisotopic (exact) mass is 251 g/mol. The van der Waals surface area contributed by atoms with Gasteiger partial charge in [-0.2, -0.15) is 0 Å². The number of aryl methyl sites for hydroxylation is 1. The Balaban J connectivity index is 2.34. The Kier molecular flexibility index (Phi) is 6.33. The molecule has 1 aromatic carbocycles. The first-order valence-electron chi connectivity index (χ1n) is 6.58. The minimum Gasteiger partial charge on any atom is -0.389 e. The molecule has 0 aromatic heterocycles. The van der Waals surface area contributed by atoms with Crippen LogP contribution in [0.15, 0.2) is 24.3 Å². The average molecular weight is 251 g/mol. The molecule has 0 fully saturated rings. The maximum absolute atomic E-state index is 9.76. The zero-order chi connectivity index (χ0) is 13.5. The summed E-state index contributed by atoms with van der Waals surface area (Å²) in [7, 11) is 0. The minimum absolute atomic E-state index is 0.161. The molecule has 18 heavy (non-hydrogen) atoms. The zero-order valence-electron chi connectivity index (χ0n) is 11.8. The molecule has 2 N–H and O–H groups in total. The number of ether oxygens (including phenoxy) is 1. The minimum atomic E-state index is -0.459. The summed E-state index contributed by atoms with van der Waals surface area (Å²) in [5.74, 6) is 0. The van der Waals surface area contributed by atoms with E-state index in [0.29, 0.717) is 13.2 Å². The molecule has 2 atom stereocenters. The molecule has 1 aromatic rings. The van der Waals surface area contributed by atoms with E-state index in [0.717, 1.165) is 0 Å². The van der Waals surface area contributed by atoms with Crippen molar-refractivity contribution >= 4 is 0 Å². The summed E-state index contributed by atoms with van der Waals surface area (Å²) in [5.41, 5.74) is 2.50. The van der Waals surface area contributed by atoms with Gasteiger partial charge in [-0.05, 0) is 33.3 Å². The van der Waals surface area contributed by atoms with Crippen molar-refractivity contribution in [3.8, 4) is 0 Å². The van der Waals surface area contributed by atoms with Crippen molar-refractivity contribution in [3.63, 3.8) is 0 Å². The van der Waals surface area contributed by atoms with Gasteiger partial charge in [0.2, 0.25) is 0 Å². The molecule has 3 nitrogen and oxygen atoms in total. The molecule has 102 valence electrons. The SMILES string of the molecule is Cc1cccc([C@H](C)NCC(O)COC(C)C)c1. The van der Waals surface area contributed by atoms with Crippen molar-refractivity contribution in [1.29, 1.82) is 0 Å². The van der Waals surface area contributed by atoms with Crippen LogP contribution in [-0.4, -0.2) is 30.5 Å². The van der Waals surface area contributed by atoms with Gasteiger partial charge < -0.3 is 15.2 Å². The second-order valence-corrected chi connectivity index (χ2v) is 5.08. The second kappa shape index (κ2) is 7.52. The normalized spacial score (nSPS) is 14.8. The van der Waals surface area contributed by atoms with Gasteiger partial charge in [-0.3, -0.25) is 0 Å². The van der Waals surface area contributed by atoms with Crippen molar-refractivity contribution < 1.29 is 9.84 Å². The van der Waals surface area contributed by atoms with Gasteiger partial charge in [-0.15, -0.1) is 0 Å². The van der Waals surface area contributed by atoms with Crippen LogP contribution in [0.5, 0.6) is 0 Å². The van der Waals surface area contributed by atoms with Crippen LogP contribution < -0.4 is 5.32 Å². The summed E-state index contributed by atoms with van der Waals surface area (Å²) in [6.45, 7) is 9.05. The Morgan fingerprint density at radius 1 is 1.28 bits per heavy atom. The van der Waals surface area contributed by atoms with Crippen LogP contribution in [0.25, 0.3) is 0 Å². The Morgan fingerprint density at radius 2 is 2.00 bits per heavy atom. The Bertz CT molecular complexity index is 352. The van der Waals surface area contributed by atoms with E-state index in [4.69, 9.17) is 4.74 Å². The molecule has 0 saturated heterocycles. The number of aliphatic hydroxyl groups is 1. The first-order valence-corrected chi connectivity index (χ1v) is 6.58. The Morgan fingerprint density at radius 3 is 2.61 bits per heavy atom. The van der Waals surface area contributed by atoms with Gasteiger partial charge in [-0.1, -0.05) is 29.8 Å². The number of nitrogens with one attached hydrogen (secondary N) is 1. The number of aliphatic hydroxyl groups excluding tert-OH is 1. The molecule has 0 amide bonds. The molecule has 0 aliphatic heterocycles. The van der Waals surface area contributed by atoms with Crippen LogP contribution >= 0.6 is 0 Å². The predicted octanol–water partition coefficient (Wildman–Crippen LogP) is 2.43. The van der Waals surface area contributed by atoms with Crippen molar-refractivity contribution in [3.05, 3.63) is 35.4 Å². The second-order valence-electron chi connectivity index (χ2n) is 5.08. The highest BCUT2D eigenvalue weighted by Gasteiger charge is 2.09.